The van der Waals surface area contributed by atoms with Crippen LogP contribution in [-0.2, 0) is 0 Å². The zero-order chi connectivity index (χ0) is 11.8. The first-order chi connectivity index (χ1) is 8.24. The molecule has 4 heteroatoms. The lowest BCUT2D eigenvalue weighted by Crippen LogP contribution is -2.18. The Morgan fingerprint density at radius 3 is 2.65 bits per heavy atom. The third-order valence-corrected chi connectivity index (χ3v) is 3.88. The van der Waals surface area contributed by atoms with Crippen molar-refractivity contribution in [3.8, 4) is 0 Å². The van der Waals surface area contributed by atoms with Gasteiger partial charge in [0.2, 0.25) is 0 Å². The fourth-order valence-corrected chi connectivity index (χ4v) is 3.21. The standard InChI is InChI=1S/C13H10N2S2/c14-13(16)15-8-5-6-10-9-3-1-2-4-11(9)17-12(10)7-8/h1-7H,(H3,14,15,16). The summed E-state index contributed by atoms with van der Waals surface area (Å²) < 4.78 is 2.54. The molecule has 2 nitrogen and oxygen atoms in total. The summed E-state index contributed by atoms with van der Waals surface area (Å²) in [5.41, 5.74) is 6.41. The Morgan fingerprint density at radius 1 is 1.06 bits per heavy atom. The molecule has 0 amide bonds. The van der Waals surface area contributed by atoms with E-state index >= 15 is 0 Å². The van der Waals surface area contributed by atoms with E-state index in [1.165, 1.54) is 20.2 Å². The van der Waals surface area contributed by atoms with Crippen LogP contribution >= 0.6 is 23.6 Å². The van der Waals surface area contributed by atoms with Crippen molar-refractivity contribution in [3.05, 3.63) is 42.5 Å². The number of thiophene rings is 1. The molecule has 0 spiro atoms. The summed E-state index contributed by atoms with van der Waals surface area (Å²) in [6.07, 6.45) is 0. The summed E-state index contributed by atoms with van der Waals surface area (Å²) in [5, 5.41) is 5.83. The number of fused-ring (bicyclic) bond motifs is 3. The molecule has 0 aliphatic heterocycles. The van der Waals surface area contributed by atoms with Crippen LogP contribution in [0.1, 0.15) is 0 Å². The highest BCUT2D eigenvalue weighted by molar-refractivity contribution is 7.80. The lowest BCUT2D eigenvalue weighted by molar-refractivity contribution is 1.65. The molecular formula is C13H10N2S2. The molecule has 2 aromatic carbocycles. The van der Waals surface area contributed by atoms with Crippen molar-refractivity contribution in [1.82, 2.24) is 0 Å². The Hall–Kier alpha value is -1.65. The molecular weight excluding hydrogens is 248 g/mol. The van der Waals surface area contributed by atoms with Crippen molar-refractivity contribution >= 4 is 54.5 Å². The van der Waals surface area contributed by atoms with Crippen LogP contribution in [0.25, 0.3) is 20.2 Å². The van der Waals surface area contributed by atoms with Crippen molar-refractivity contribution in [2.45, 2.75) is 0 Å². The Morgan fingerprint density at radius 2 is 1.82 bits per heavy atom. The van der Waals surface area contributed by atoms with E-state index in [1.807, 2.05) is 6.07 Å². The number of anilines is 1. The van der Waals surface area contributed by atoms with E-state index in [4.69, 9.17) is 18.0 Å². The quantitative estimate of drug-likeness (QED) is 0.653. The van der Waals surface area contributed by atoms with Gasteiger partial charge in [0.05, 0.1) is 0 Å². The first-order valence-electron chi connectivity index (χ1n) is 5.22. The summed E-state index contributed by atoms with van der Waals surface area (Å²) in [4.78, 5) is 0. The lowest BCUT2D eigenvalue weighted by atomic mass is 10.1. The number of hydrogen-bond donors (Lipinski definition) is 2. The second-order valence-electron chi connectivity index (χ2n) is 3.80. The minimum Gasteiger partial charge on any atom is -0.376 e. The molecule has 0 aliphatic carbocycles. The average Bonchev–Trinajstić information content (AvgIpc) is 2.65. The monoisotopic (exact) mass is 258 g/mol. The van der Waals surface area contributed by atoms with Crippen LogP contribution in [0.15, 0.2) is 42.5 Å². The number of rotatable bonds is 1. The summed E-state index contributed by atoms with van der Waals surface area (Å²) in [6.45, 7) is 0. The van der Waals surface area contributed by atoms with Crippen molar-refractivity contribution in [3.63, 3.8) is 0 Å². The summed E-state index contributed by atoms with van der Waals surface area (Å²) in [7, 11) is 0. The van der Waals surface area contributed by atoms with Crippen molar-refractivity contribution in [1.29, 1.82) is 0 Å². The Labute approximate surface area is 108 Å². The van der Waals surface area contributed by atoms with Crippen molar-refractivity contribution in [2.24, 2.45) is 5.73 Å². The summed E-state index contributed by atoms with van der Waals surface area (Å²) >= 11 is 6.61. The van der Waals surface area contributed by atoms with Crippen LogP contribution in [-0.4, -0.2) is 5.11 Å². The first-order valence-corrected chi connectivity index (χ1v) is 6.44. The van der Waals surface area contributed by atoms with Gasteiger partial charge in [0, 0.05) is 25.9 Å². The van der Waals surface area contributed by atoms with Crippen LogP contribution in [0.5, 0.6) is 0 Å². The molecule has 0 atom stereocenters. The van der Waals surface area contributed by atoms with Gasteiger partial charge in [0.1, 0.15) is 0 Å². The van der Waals surface area contributed by atoms with Gasteiger partial charge >= 0.3 is 0 Å². The van der Waals surface area contributed by atoms with Gasteiger partial charge in [-0.25, -0.2) is 0 Å². The predicted molar refractivity (Wildman–Crippen MR) is 79.7 cm³/mol. The highest BCUT2D eigenvalue weighted by atomic mass is 32.1. The normalized spacial score (nSPS) is 10.8. The van der Waals surface area contributed by atoms with Gasteiger partial charge in [-0.05, 0) is 30.4 Å². The van der Waals surface area contributed by atoms with E-state index in [0.29, 0.717) is 5.11 Å². The zero-order valence-corrected chi connectivity index (χ0v) is 10.6. The Balaban J connectivity index is 2.23. The molecule has 0 fully saturated rings. The maximum atomic E-state index is 5.47. The van der Waals surface area contributed by atoms with E-state index in [-0.39, 0.29) is 0 Å². The number of benzene rings is 2. The second-order valence-corrected chi connectivity index (χ2v) is 5.32. The molecule has 0 aliphatic rings. The molecule has 3 rings (SSSR count). The van der Waals surface area contributed by atoms with Crippen LogP contribution < -0.4 is 11.1 Å². The van der Waals surface area contributed by atoms with Crippen LogP contribution in [0, 0.1) is 0 Å². The van der Waals surface area contributed by atoms with Gasteiger partial charge in [-0.15, -0.1) is 11.3 Å². The lowest BCUT2D eigenvalue weighted by Gasteiger charge is -2.02. The second kappa shape index (κ2) is 3.98. The predicted octanol–water partition coefficient (Wildman–Crippen LogP) is 3.71. The Kier molecular flexibility index (Phi) is 2.46. The van der Waals surface area contributed by atoms with Gasteiger partial charge in [-0.3, -0.25) is 0 Å². The molecule has 17 heavy (non-hydrogen) atoms. The van der Waals surface area contributed by atoms with E-state index in [0.717, 1.165) is 5.69 Å². The van der Waals surface area contributed by atoms with Crippen LogP contribution in [0.2, 0.25) is 0 Å². The van der Waals surface area contributed by atoms with Gasteiger partial charge in [0.25, 0.3) is 0 Å². The molecule has 1 heterocycles. The van der Waals surface area contributed by atoms with Gasteiger partial charge in [-0.1, -0.05) is 24.3 Å². The van der Waals surface area contributed by atoms with Crippen molar-refractivity contribution < 1.29 is 0 Å². The minimum absolute atomic E-state index is 0.297. The highest BCUT2D eigenvalue weighted by Gasteiger charge is 2.04. The highest BCUT2D eigenvalue weighted by Crippen LogP contribution is 2.34. The molecule has 1 aromatic heterocycles. The number of hydrogen-bond acceptors (Lipinski definition) is 2. The molecule has 0 saturated heterocycles. The minimum atomic E-state index is 0.297. The molecule has 0 saturated carbocycles. The topological polar surface area (TPSA) is 38.0 Å². The third-order valence-electron chi connectivity index (χ3n) is 2.65. The SMILES string of the molecule is NC(=S)Nc1ccc2c(c1)sc1ccccc12. The molecule has 0 bridgehead atoms. The summed E-state index contributed by atoms with van der Waals surface area (Å²) in [5.74, 6) is 0. The molecule has 3 N–H and O–H groups in total. The molecule has 84 valence electrons. The Bertz CT molecular complexity index is 716. The van der Waals surface area contributed by atoms with Crippen LogP contribution in [0.4, 0.5) is 5.69 Å². The fourth-order valence-electron chi connectivity index (χ4n) is 1.95. The maximum Gasteiger partial charge on any atom is 0.168 e. The molecule has 0 radical (unpaired) electrons. The average molecular weight is 258 g/mol. The smallest absolute Gasteiger partial charge is 0.168 e. The van der Waals surface area contributed by atoms with Gasteiger partial charge < -0.3 is 11.1 Å². The molecule has 3 aromatic rings. The van der Waals surface area contributed by atoms with Gasteiger partial charge in [0.15, 0.2) is 5.11 Å². The zero-order valence-electron chi connectivity index (χ0n) is 8.94. The largest absolute Gasteiger partial charge is 0.376 e. The number of nitrogens with one attached hydrogen (secondary N) is 1. The third kappa shape index (κ3) is 1.85. The first kappa shape index (κ1) is 10.5. The van der Waals surface area contributed by atoms with E-state index < -0.39 is 0 Å². The van der Waals surface area contributed by atoms with E-state index in [1.54, 1.807) is 11.3 Å². The maximum absolute atomic E-state index is 5.47. The van der Waals surface area contributed by atoms with E-state index in [9.17, 15) is 0 Å². The van der Waals surface area contributed by atoms with E-state index in [2.05, 4.69) is 41.7 Å². The van der Waals surface area contributed by atoms with Crippen LogP contribution in [0.3, 0.4) is 0 Å². The molecule has 0 unspecified atom stereocenters. The number of thiocarbonyl (C=S) groups is 1. The van der Waals surface area contributed by atoms with Crippen molar-refractivity contribution in [2.75, 3.05) is 5.32 Å². The fraction of sp³-hybridized carbons (Fsp3) is 0. The number of nitrogens with two attached hydrogens (primary N) is 1. The summed E-state index contributed by atoms with van der Waals surface area (Å²) in [6, 6.07) is 14.6. The van der Waals surface area contributed by atoms with Gasteiger partial charge in [-0.2, -0.15) is 0 Å².